The highest BCUT2D eigenvalue weighted by Crippen LogP contribution is 2.33. The molecule has 0 radical (unpaired) electrons. The van der Waals surface area contributed by atoms with E-state index >= 15 is 0 Å². The van der Waals surface area contributed by atoms with Crippen LogP contribution in [0.4, 0.5) is 0 Å². The zero-order valence-corrected chi connectivity index (χ0v) is 12.8. The Morgan fingerprint density at radius 2 is 1.95 bits per heavy atom. The number of aryl methyl sites for hydroxylation is 3. The lowest BCUT2D eigenvalue weighted by Gasteiger charge is -2.28. The number of benzene rings is 1. The summed E-state index contributed by atoms with van der Waals surface area (Å²) in [4.78, 5) is 0. The van der Waals surface area contributed by atoms with Crippen LogP contribution in [0.2, 0.25) is 0 Å². The maximum atomic E-state index is 5.60. The minimum Gasteiger partial charge on any atom is -0.381 e. The zero-order chi connectivity index (χ0) is 13.8. The zero-order valence-electron chi connectivity index (χ0n) is 12.8. The van der Waals surface area contributed by atoms with Crippen molar-refractivity contribution in [2.45, 2.75) is 46.6 Å². The fourth-order valence-electron chi connectivity index (χ4n) is 3.30. The Morgan fingerprint density at radius 1 is 1.26 bits per heavy atom. The molecule has 2 nitrogen and oxygen atoms in total. The molecule has 1 heterocycles. The molecular weight excluding hydrogens is 234 g/mol. The van der Waals surface area contributed by atoms with E-state index in [-0.39, 0.29) is 0 Å². The van der Waals surface area contributed by atoms with Crippen LogP contribution in [0, 0.1) is 26.7 Å². The monoisotopic (exact) mass is 261 g/mol. The molecule has 1 aromatic carbocycles. The van der Waals surface area contributed by atoms with Gasteiger partial charge in [0.2, 0.25) is 0 Å². The van der Waals surface area contributed by atoms with E-state index in [0.717, 1.165) is 19.8 Å². The van der Waals surface area contributed by atoms with E-state index in [1.54, 1.807) is 0 Å². The van der Waals surface area contributed by atoms with Crippen molar-refractivity contribution in [3.8, 4) is 0 Å². The summed E-state index contributed by atoms with van der Waals surface area (Å²) in [5.74, 6) is 0.617. The van der Waals surface area contributed by atoms with Gasteiger partial charge in [0, 0.05) is 18.6 Å². The van der Waals surface area contributed by atoms with Crippen LogP contribution in [0.1, 0.15) is 48.1 Å². The van der Waals surface area contributed by atoms with Gasteiger partial charge in [0.1, 0.15) is 0 Å². The van der Waals surface area contributed by atoms with E-state index in [2.05, 4.69) is 45.1 Å². The predicted molar refractivity (Wildman–Crippen MR) is 80.6 cm³/mol. The summed E-state index contributed by atoms with van der Waals surface area (Å²) < 4.78 is 5.60. The number of rotatable bonds is 5. The average molecular weight is 261 g/mol. The summed E-state index contributed by atoms with van der Waals surface area (Å²) in [7, 11) is 0. The fraction of sp³-hybridized carbons (Fsp3) is 0.647. The number of hydrogen-bond donors (Lipinski definition) is 1. The Bertz CT molecular complexity index is 398. The van der Waals surface area contributed by atoms with E-state index in [1.165, 1.54) is 35.1 Å². The lowest BCUT2D eigenvalue weighted by atomic mass is 9.86. The standard InChI is InChI=1S/C17H27NO/c1-5-7-18-17(15-6-8-19-11-15)16-13(3)9-12(2)10-14(16)4/h9-10,15,17-18H,5-8,11H2,1-4H3. The molecule has 2 atom stereocenters. The average Bonchev–Trinajstić information content (AvgIpc) is 2.85. The third-order valence-electron chi connectivity index (χ3n) is 4.10. The highest BCUT2D eigenvalue weighted by molar-refractivity contribution is 5.40. The molecule has 0 saturated carbocycles. The van der Waals surface area contributed by atoms with Crippen LogP contribution < -0.4 is 5.32 Å². The molecule has 0 bridgehead atoms. The first-order chi connectivity index (χ1) is 9.13. The maximum absolute atomic E-state index is 5.60. The van der Waals surface area contributed by atoms with Crippen LogP contribution in [0.3, 0.4) is 0 Å². The van der Waals surface area contributed by atoms with Crippen LogP contribution in [0.15, 0.2) is 12.1 Å². The van der Waals surface area contributed by atoms with Gasteiger partial charge in [0.05, 0.1) is 6.61 Å². The van der Waals surface area contributed by atoms with Gasteiger partial charge in [-0.3, -0.25) is 0 Å². The van der Waals surface area contributed by atoms with Crippen molar-refractivity contribution in [3.05, 3.63) is 34.4 Å². The van der Waals surface area contributed by atoms with Gasteiger partial charge in [-0.25, -0.2) is 0 Å². The number of hydrogen-bond acceptors (Lipinski definition) is 2. The van der Waals surface area contributed by atoms with Crippen molar-refractivity contribution in [3.63, 3.8) is 0 Å². The van der Waals surface area contributed by atoms with Gasteiger partial charge in [-0.05, 0) is 56.8 Å². The summed E-state index contributed by atoms with van der Waals surface area (Å²) >= 11 is 0. The second-order valence-corrected chi connectivity index (χ2v) is 5.87. The molecule has 0 aromatic heterocycles. The van der Waals surface area contributed by atoms with E-state index in [1.807, 2.05) is 0 Å². The molecule has 106 valence electrons. The lowest BCUT2D eigenvalue weighted by molar-refractivity contribution is 0.176. The molecule has 1 aliphatic rings. The molecule has 19 heavy (non-hydrogen) atoms. The third kappa shape index (κ3) is 3.37. The Labute approximate surface area is 117 Å². The Balaban J connectivity index is 2.31. The second-order valence-electron chi connectivity index (χ2n) is 5.87. The van der Waals surface area contributed by atoms with Crippen molar-refractivity contribution in [1.29, 1.82) is 0 Å². The molecule has 2 heteroatoms. The van der Waals surface area contributed by atoms with Gasteiger partial charge in [-0.1, -0.05) is 24.6 Å². The summed E-state index contributed by atoms with van der Waals surface area (Å²) in [6.45, 7) is 11.8. The highest BCUT2D eigenvalue weighted by atomic mass is 16.5. The SMILES string of the molecule is CCCNC(c1c(C)cc(C)cc1C)C1CCOC1. The molecule has 1 fully saturated rings. The van der Waals surface area contributed by atoms with Crippen molar-refractivity contribution in [2.24, 2.45) is 5.92 Å². The van der Waals surface area contributed by atoms with Gasteiger partial charge in [0.15, 0.2) is 0 Å². The lowest BCUT2D eigenvalue weighted by Crippen LogP contribution is -2.30. The number of nitrogens with one attached hydrogen (secondary N) is 1. The maximum Gasteiger partial charge on any atom is 0.0513 e. The first-order valence-electron chi connectivity index (χ1n) is 7.52. The van der Waals surface area contributed by atoms with Gasteiger partial charge in [-0.2, -0.15) is 0 Å². The first-order valence-corrected chi connectivity index (χ1v) is 7.52. The Kier molecular flexibility index (Phi) is 5.00. The summed E-state index contributed by atoms with van der Waals surface area (Å²) in [6.07, 6.45) is 2.35. The molecule has 2 unspecified atom stereocenters. The topological polar surface area (TPSA) is 21.3 Å². The van der Waals surface area contributed by atoms with E-state index in [0.29, 0.717) is 12.0 Å². The first kappa shape index (κ1) is 14.5. The normalized spacial score (nSPS) is 20.7. The van der Waals surface area contributed by atoms with Crippen LogP contribution in [0.5, 0.6) is 0 Å². The predicted octanol–water partition coefficient (Wildman–Crippen LogP) is 3.69. The van der Waals surface area contributed by atoms with Gasteiger partial charge in [0.25, 0.3) is 0 Å². The quantitative estimate of drug-likeness (QED) is 0.873. The highest BCUT2D eigenvalue weighted by Gasteiger charge is 2.28. The van der Waals surface area contributed by atoms with Crippen LogP contribution in [-0.2, 0) is 4.74 Å². The van der Waals surface area contributed by atoms with Gasteiger partial charge < -0.3 is 10.1 Å². The minimum atomic E-state index is 0.447. The summed E-state index contributed by atoms with van der Waals surface area (Å²) in [5, 5.41) is 3.75. The van der Waals surface area contributed by atoms with Gasteiger partial charge >= 0.3 is 0 Å². The van der Waals surface area contributed by atoms with Crippen molar-refractivity contribution in [1.82, 2.24) is 5.32 Å². The smallest absolute Gasteiger partial charge is 0.0513 e. The second kappa shape index (κ2) is 6.53. The van der Waals surface area contributed by atoms with Crippen molar-refractivity contribution >= 4 is 0 Å². The minimum absolute atomic E-state index is 0.447. The van der Waals surface area contributed by atoms with Crippen LogP contribution in [-0.4, -0.2) is 19.8 Å². The van der Waals surface area contributed by atoms with Crippen LogP contribution in [0.25, 0.3) is 0 Å². The molecule has 2 rings (SSSR count). The molecule has 0 amide bonds. The van der Waals surface area contributed by atoms with Crippen molar-refractivity contribution in [2.75, 3.05) is 19.8 Å². The molecule has 1 aliphatic heterocycles. The molecule has 1 saturated heterocycles. The van der Waals surface area contributed by atoms with Gasteiger partial charge in [-0.15, -0.1) is 0 Å². The van der Waals surface area contributed by atoms with E-state index in [9.17, 15) is 0 Å². The molecular formula is C17H27NO. The molecule has 0 aliphatic carbocycles. The van der Waals surface area contributed by atoms with Crippen molar-refractivity contribution < 1.29 is 4.74 Å². The third-order valence-corrected chi connectivity index (χ3v) is 4.10. The summed E-state index contributed by atoms with van der Waals surface area (Å²) in [6, 6.07) is 5.06. The van der Waals surface area contributed by atoms with E-state index in [4.69, 9.17) is 4.74 Å². The number of ether oxygens (including phenoxy) is 1. The molecule has 1 N–H and O–H groups in total. The summed E-state index contributed by atoms with van der Waals surface area (Å²) in [5.41, 5.74) is 5.68. The molecule has 0 spiro atoms. The fourth-order valence-corrected chi connectivity index (χ4v) is 3.30. The van der Waals surface area contributed by atoms with E-state index < -0.39 is 0 Å². The Hall–Kier alpha value is -0.860. The molecule has 1 aromatic rings. The van der Waals surface area contributed by atoms with Crippen LogP contribution >= 0.6 is 0 Å². The largest absolute Gasteiger partial charge is 0.381 e. The Morgan fingerprint density at radius 3 is 2.47 bits per heavy atom.